The lowest BCUT2D eigenvalue weighted by atomic mass is 10.2. The Balaban J connectivity index is 1.93. The molecule has 3 rings (SSSR count). The van der Waals surface area contributed by atoms with Gasteiger partial charge in [0.2, 0.25) is 0 Å². The van der Waals surface area contributed by atoms with Crippen LogP contribution < -0.4 is 5.32 Å². The molecule has 0 saturated carbocycles. The van der Waals surface area contributed by atoms with Gasteiger partial charge in [-0.1, -0.05) is 41.9 Å². The van der Waals surface area contributed by atoms with Crippen molar-refractivity contribution >= 4 is 23.2 Å². The summed E-state index contributed by atoms with van der Waals surface area (Å²) in [5, 5.41) is 11.1. The second kappa shape index (κ2) is 6.58. The van der Waals surface area contributed by atoms with E-state index in [2.05, 4.69) is 20.6 Å². The Labute approximate surface area is 138 Å². The third-order valence-corrected chi connectivity index (χ3v) is 3.62. The quantitative estimate of drug-likeness (QED) is 0.747. The number of carbonyl (C=O) groups is 1. The summed E-state index contributed by atoms with van der Waals surface area (Å²) in [5.74, 6) is -0.362. The number of nitrogens with one attached hydrogen (secondary N) is 1. The molecule has 0 aliphatic carbocycles. The summed E-state index contributed by atoms with van der Waals surface area (Å²) in [5.41, 5.74) is 2.30. The van der Waals surface area contributed by atoms with Crippen LogP contribution in [-0.4, -0.2) is 25.9 Å². The lowest BCUT2D eigenvalue weighted by molar-refractivity contribution is 0.102. The summed E-state index contributed by atoms with van der Waals surface area (Å²) in [7, 11) is 0. The van der Waals surface area contributed by atoms with E-state index in [1.54, 1.807) is 23.0 Å². The number of aromatic nitrogens is 4. The Kier molecular flexibility index (Phi) is 4.34. The van der Waals surface area contributed by atoms with Crippen LogP contribution >= 0.6 is 11.6 Å². The molecule has 0 aliphatic rings. The molecule has 0 bridgehead atoms. The van der Waals surface area contributed by atoms with Crippen LogP contribution in [0.25, 0.3) is 5.69 Å². The number of hydrogen-bond donors (Lipinski definition) is 1. The molecule has 1 amide bonds. The third kappa shape index (κ3) is 3.07. The standard InChI is InChI=1S/C16H14ClN5O/c1-2-13-14(16(23)19-12-9-6-10-18-15(12)17)20-21-22(13)11-7-4-3-5-8-11/h3-10H,2H2,1H3,(H,19,23). The molecule has 2 aromatic heterocycles. The summed E-state index contributed by atoms with van der Waals surface area (Å²) in [6.45, 7) is 1.95. The van der Waals surface area contributed by atoms with Crippen LogP contribution in [0.2, 0.25) is 5.15 Å². The van der Waals surface area contributed by atoms with E-state index in [0.29, 0.717) is 12.1 Å². The van der Waals surface area contributed by atoms with E-state index in [0.717, 1.165) is 11.4 Å². The van der Waals surface area contributed by atoms with Crippen molar-refractivity contribution in [1.29, 1.82) is 0 Å². The van der Waals surface area contributed by atoms with Crippen molar-refractivity contribution in [1.82, 2.24) is 20.0 Å². The van der Waals surface area contributed by atoms with Gasteiger partial charge in [-0.3, -0.25) is 4.79 Å². The molecular formula is C16H14ClN5O. The monoisotopic (exact) mass is 327 g/mol. The highest BCUT2D eigenvalue weighted by atomic mass is 35.5. The Morgan fingerprint density at radius 2 is 2.00 bits per heavy atom. The molecule has 0 aliphatic heterocycles. The third-order valence-electron chi connectivity index (χ3n) is 3.32. The van der Waals surface area contributed by atoms with E-state index in [4.69, 9.17) is 11.6 Å². The topological polar surface area (TPSA) is 72.7 Å². The maximum absolute atomic E-state index is 12.5. The van der Waals surface area contributed by atoms with Gasteiger partial charge in [-0.15, -0.1) is 5.10 Å². The van der Waals surface area contributed by atoms with Gasteiger partial charge >= 0.3 is 0 Å². The molecule has 6 nitrogen and oxygen atoms in total. The summed E-state index contributed by atoms with van der Waals surface area (Å²) < 4.78 is 1.67. The number of amides is 1. The first kappa shape index (κ1) is 15.2. The lowest BCUT2D eigenvalue weighted by Gasteiger charge is -2.07. The fourth-order valence-corrected chi connectivity index (χ4v) is 2.40. The maximum Gasteiger partial charge on any atom is 0.278 e. The van der Waals surface area contributed by atoms with E-state index in [-0.39, 0.29) is 16.8 Å². The first-order valence-electron chi connectivity index (χ1n) is 7.12. The van der Waals surface area contributed by atoms with Crippen molar-refractivity contribution in [3.05, 3.63) is 65.2 Å². The summed E-state index contributed by atoms with van der Waals surface area (Å²) in [4.78, 5) is 16.4. The van der Waals surface area contributed by atoms with E-state index in [1.165, 1.54) is 0 Å². The van der Waals surface area contributed by atoms with E-state index < -0.39 is 0 Å². The second-order valence-corrected chi connectivity index (χ2v) is 5.14. The number of anilines is 1. The Morgan fingerprint density at radius 1 is 1.22 bits per heavy atom. The number of halogens is 1. The molecule has 116 valence electrons. The van der Waals surface area contributed by atoms with Gasteiger partial charge in [0.15, 0.2) is 10.8 Å². The second-order valence-electron chi connectivity index (χ2n) is 4.78. The molecule has 7 heteroatoms. The van der Waals surface area contributed by atoms with Gasteiger partial charge in [0.25, 0.3) is 5.91 Å². The smallest absolute Gasteiger partial charge is 0.278 e. The van der Waals surface area contributed by atoms with Crippen molar-refractivity contribution in [2.75, 3.05) is 5.32 Å². The minimum Gasteiger partial charge on any atom is -0.318 e. The molecule has 0 radical (unpaired) electrons. The Hall–Kier alpha value is -2.73. The fraction of sp³-hybridized carbons (Fsp3) is 0.125. The van der Waals surface area contributed by atoms with Crippen molar-refractivity contribution in [2.45, 2.75) is 13.3 Å². The predicted octanol–water partition coefficient (Wildman–Crippen LogP) is 3.13. The van der Waals surface area contributed by atoms with Crippen LogP contribution in [0.5, 0.6) is 0 Å². The SMILES string of the molecule is CCc1c(C(=O)Nc2cccnc2Cl)nnn1-c1ccccc1. The van der Waals surface area contributed by atoms with Crippen LogP contribution in [0.1, 0.15) is 23.1 Å². The minimum atomic E-state index is -0.362. The first-order valence-corrected chi connectivity index (χ1v) is 7.50. The van der Waals surface area contributed by atoms with Gasteiger partial charge < -0.3 is 5.32 Å². The predicted molar refractivity (Wildman–Crippen MR) is 87.9 cm³/mol. The lowest BCUT2D eigenvalue weighted by Crippen LogP contribution is -2.15. The molecule has 3 aromatic rings. The van der Waals surface area contributed by atoms with Crippen molar-refractivity contribution < 1.29 is 4.79 Å². The normalized spacial score (nSPS) is 10.5. The zero-order chi connectivity index (χ0) is 16.2. The number of hydrogen-bond acceptors (Lipinski definition) is 4. The molecule has 0 fully saturated rings. The number of rotatable bonds is 4. The molecular weight excluding hydrogens is 314 g/mol. The van der Waals surface area contributed by atoms with Gasteiger partial charge in [-0.2, -0.15) is 0 Å². The highest BCUT2D eigenvalue weighted by Gasteiger charge is 2.20. The zero-order valence-corrected chi connectivity index (χ0v) is 13.2. The van der Waals surface area contributed by atoms with Gasteiger partial charge in [-0.25, -0.2) is 9.67 Å². The van der Waals surface area contributed by atoms with Crippen LogP contribution in [0, 0.1) is 0 Å². The number of pyridine rings is 1. The number of carbonyl (C=O) groups excluding carboxylic acids is 1. The van der Waals surface area contributed by atoms with Crippen LogP contribution in [0.3, 0.4) is 0 Å². The van der Waals surface area contributed by atoms with Crippen molar-refractivity contribution in [2.24, 2.45) is 0 Å². The van der Waals surface area contributed by atoms with Crippen molar-refractivity contribution in [3.8, 4) is 5.69 Å². The van der Waals surface area contributed by atoms with Gasteiger partial charge in [-0.05, 0) is 30.7 Å². The van der Waals surface area contributed by atoms with Gasteiger partial charge in [0, 0.05) is 6.20 Å². The van der Waals surface area contributed by atoms with Crippen LogP contribution in [0.4, 0.5) is 5.69 Å². The summed E-state index contributed by atoms with van der Waals surface area (Å²) in [6, 6.07) is 12.9. The number of para-hydroxylation sites is 1. The molecule has 0 spiro atoms. The zero-order valence-electron chi connectivity index (χ0n) is 12.4. The maximum atomic E-state index is 12.5. The average molecular weight is 328 g/mol. The summed E-state index contributed by atoms with van der Waals surface area (Å²) in [6.07, 6.45) is 2.17. The van der Waals surface area contributed by atoms with E-state index in [1.807, 2.05) is 37.3 Å². The molecule has 0 atom stereocenters. The number of benzene rings is 1. The van der Waals surface area contributed by atoms with Crippen molar-refractivity contribution in [3.63, 3.8) is 0 Å². The Morgan fingerprint density at radius 3 is 2.70 bits per heavy atom. The fourth-order valence-electron chi connectivity index (χ4n) is 2.23. The molecule has 2 heterocycles. The molecule has 23 heavy (non-hydrogen) atoms. The minimum absolute atomic E-state index is 0.231. The number of nitrogens with zero attached hydrogens (tertiary/aromatic N) is 4. The summed E-state index contributed by atoms with van der Waals surface area (Å²) >= 11 is 5.96. The molecule has 0 saturated heterocycles. The Bertz CT molecular complexity index is 831. The van der Waals surface area contributed by atoms with Gasteiger partial charge in [0.05, 0.1) is 17.1 Å². The molecule has 1 N–H and O–H groups in total. The van der Waals surface area contributed by atoms with Crippen LogP contribution in [-0.2, 0) is 6.42 Å². The van der Waals surface area contributed by atoms with Crippen LogP contribution in [0.15, 0.2) is 48.7 Å². The highest BCUT2D eigenvalue weighted by molar-refractivity contribution is 6.32. The highest BCUT2D eigenvalue weighted by Crippen LogP contribution is 2.20. The van der Waals surface area contributed by atoms with E-state index >= 15 is 0 Å². The average Bonchev–Trinajstić information content (AvgIpc) is 3.02. The van der Waals surface area contributed by atoms with Gasteiger partial charge in [0.1, 0.15) is 0 Å². The first-order chi connectivity index (χ1) is 11.2. The van der Waals surface area contributed by atoms with E-state index in [9.17, 15) is 4.79 Å². The largest absolute Gasteiger partial charge is 0.318 e. The molecule has 1 aromatic carbocycles. The molecule has 0 unspecified atom stereocenters.